The predicted octanol–water partition coefficient (Wildman–Crippen LogP) is 8.37. The lowest BCUT2D eigenvalue weighted by molar-refractivity contribution is 0.00487. The first-order valence-electron chi connectivity index (χ1n) is 20.6. The molecule has 2 bridgehead atoms. The average molecular weight is 829 g/mol. The van der Waals surface area contributed by atoms with Crippen molar-refractivity contribution in [3.05, 3.63) is 35.3 Å². The number of alkyl halides is 1. The summed E-state index contributed by atoms with van der Waals surface area (Å²) in [5.74, 6) is -0.272. The van der Waals surface area contributed by atoms with Crippen LogP contribution >= 0.6 is 11.3 Å². The van der Waals surface area contributed by atoms with Crippen LogP contribution in [0.2, 0.25) is 0 Å². The number of thiophene rings is 1. The summed E-state index contributed by atoms with van der Waals surface area (Å²) in [5.41, 5.74) is -0.742. The van der Waals surface area contributed by atoms with E-state index in [-0.39, 0.29) is 64.5 Å². The van der Waals surface area contributed by atoms with E-state index in [0.29, 0.717) is 58.5 Å². The number of rotatable bonds is 5. The maximum atomic E-state index is 17.6. The Hall–Kier alpha value is -4.88. The van der Waals surface area contributed by atoms with Crippen LogP contribution in [-0.2, 0) is 15.9 Å². The zero-order chi connectivity index (χ0) is 41.8. The summed E-state index contributed by atoms with van der Waals surface area (Å²) in [4.78, 5) is 47.8. The monoisotopic (exact) mass is 828 g/mol. The van der Waals surface area contributed by atoms with Gasteiger partial charge in [-0.2, -0.15) is 15.2 Å². The summed E-state index contributed by atoms with van der Waals surface area (Å²) < 4.78 is 50.9. The van der Waals surface area contributed by atoms with Crippen molar-refractivity contribution in [2.24, 2.45) is 5.92 Å². The van der Waals surface area contributed by atoms with E-state index >= 15 is 4.39 Å². The highest BCUT2D eigenvalue weighted by Crippen LogP contribution is 2.48. The van der Waals surface area contributed by atoms with E-state index in [2.05, 4.69) is 28.1 Å². The van der Waals surface area contributed by atoms with Gasteiger partial charge in [0.1, 0.15) is 52.1 Å². The van der Waals surface area contributed by atoms with Crippen LogP contribution in [0.4, 0.5) is 29.2 Å². The number of aromatic nitrogens is 3. The first kappa shape index (κ1) is 39.6. The molecule has 2 amide bonds. The lowest BCUT2D eigenvalue weighted by Crippen LogP contribution is -2.63. The second-order valence-corrected chi connectivity index (χ2v) is 19.9. The van der Waals surface area contributed by atoms with E-state index in [4.69, 9.17) is 29.2 Å². The first-order valence-corrected chi connectivity index (χ1v) is 21.4. The van der Waals surface area contributed by atoms with Crippen molar-refractivity contribution in [2.75, 3.05) is 36.5 Å². The highest BCUT2D eigenvalue weighted by Gasteiger charge is 2.53. The molecule has 6 atom stereocenters. The van der Waals surface area contributed by atoms with Crippen molar-refractivity contribution in [3.63, 3.8) is 0 Å². The fraction of sp³-hybridized carbons (Fsp3) is 0.581. The van der Waals surface area contributed by atoms with Gasteiger partial charge in [0.25, 0.3) is 0 Å². The van der Waals surface area contributed by atoms with Gasteiger partial charge >= 0.3 is 18.2 Å². The molecule has 1 aromatic carbocycles. The first-order chi connectivity index (χ1) is 27.9. The molecule has 5 aliphatic rings. The number of benzene rings is 1. The summed E-state index contributed by atoms with van der Waals surface area (Å²) in [6.45, 7) is 14.7. The number of halogens is 2. The lowest BCUT2D eigenvalue weighted by atomic mass is 9.88. The Morgan fingerprint density at radius 1 is 1.07 bits per heavy atom. The number of piperazine rings is 1. The molecule has 312 valence electrons. The van der Waals surface area contributed by atoms with Gasteiger partial charge in [-0.05, 0) is 92.2 Å². The maximum absolute atomic E-state index is 17.6. The fourth-order valence-corrected chi connectivity index (χ4v) is 11.4. The highest BCUT2D eigenvalue weighted by atomic mass is 32.1. The summed E-state index contributed by atoms with van der Waals surface area (Å²) in [5, 5.41) is 14.4. The number of amides is 2. The SMILES string of the molecule is C[C@H]1Cc2nc(-c3cccc4sc(NC(=O)OC(C)(C)C)c(C#N)c34)c(F)c3nc(OC[C@@]45CCCN4C[C@H](F)C5)nc(c23)N2C[C@H]3CC[C@@H]([C@H]12)N3C(=O)OC(C)(C)C. The van der Waals surface area contributed by atoms with Gasteiger partial charge in [-0.25, -0.2) is 23.4 Å². The van der Waals surface area contributed by atoms with Crippen LogP contribution < -0.4 is 15.0 Å². The van der Waals surface area contributed by atoms with E-state index in [0.717, 1.165) is 32.2 Å². The van der Waals surface area contributed by atoms with Gasteiger partial charge in [0, 0.05) is 35.2 Å². The second-order valence-electron chi connectivity index (χ2n) is 18.9. The van der Waals surface area contributed by atoms with Crippen molar-refractivity contribution in [2.45, 2.75) is 128 Å². The number of anilines is 2. The zero-order valence-electron chi connectivity index (χ0n) is 34.5. The standard InChI is InChI=1S/C43H50F2N8O5S/c1-22-16-27-31-34(32(45)33(47-27)25-10-8-11-29-30(25)26(18-46)37(59-29)50-39(54)57-41(2,3)4)48-38(56-21-43-14-9-15-51(43)19-23(44)17-43)49-36(31)52-20-24-12-13-28(35(22)52)53(24)40(55)58-42(5,6)7/h8,10-11,22-24,28,35H,9,12-17,19-21H2,1-7H3,(H,50,54)/t22-,23+,24+,28-,35-,43-/m0/s1. The van der Waals surface area contributed by atoms with Gasteiger partial charge in [-0.1, -0.05) is 19.1 Å². The molecule has 0 saturated carbocycles. The normalized spacial score (nSPS) is 26.4. The molecule has 0 radical (unpaired) electrons. The Labute approximate surface area is 346 Å². The molecule has 5 aliphatic heterocycles. The number of pyridine rings is 1. The minimum atomic E-state index is -0.952. The second kappa shape index (κ2) is 14.1. The number of ether oxygens (including phenoxy) is 3. The third-order valence-electron chi connectivity index (χ3n) is 12.4. The number of carbonyl (C=O) groups excluding carboxylic acids is 2. The molecule has 0 unspecified atom stereocenters. The Morgan fingerprint density at radius 2 is 1.85 bits per heavy atom. The Bertz CT molecular complexity index is 2430. The number of fused-ring (bicyclic) bond motifs is 7. The number of nitrogens with zero attached hydrogens (tertiary/aromatic N) is 7. The van der Waals surface area contributed by atoms with Crippen molar-refractivity contribution in [1.29, 1.82) is 5.26 Å². The summed E-state index contributed by atoms with van der Waals surface area (Å²) in [6, 6.07) is 6.98. The Kier molecular flexibility index (Phi) is 9.47. The minimum absolute atomic E-state index is 0.00687. The van der Waals surface area contributed by atoms with Crippen molar-refractivity contribution >= 4 is 55.3 Å². The van der Waals surface area contributed by atoms with Gasteiger partial charge in [-0.3, -0.25) is 15.1 Å². The molecule has 4 fully saturated rings. The van der Waals surface area contributed by atoms with E-state index in [9.17, 15) is 19.2 Å². The van der Waals surface area contributed by atoms with Crippen molar-refractivity contribution in [3.8, 4) is 23.3 Å². The third-order valence-corrected chi connectivity index (χ3v) is 13.5. The molecule has 0 aliphatic carbocycles. The molecule has 59 heavy (non-hydrogen) atoms. The van der Waals surface area contributed by atoms with Crippen LogP contribution in [0.25, 0.3) is 32.2 Å². The van der Waals surface area contributed by atoms with Gasteiger partial charge < -0.3 is 19.1 Å². The largest absolute Gasteiger partial charge is 0.461 e. The molecular weight excluding hydrogens is 779 g/mol. The summed E-state index contributed by atoms with van der Waals surface area (Å²) in [6.07, 6.45) is 2.06. The van der Waals surface area contributed by atoms with E-state index in [1.54, 1.807) is 32.9 Å². The number of carbonyl (C=O) groups is 2. The Morgan fingerprint density at radius 3 is 2.59 bits per heavy atom. The van der Waals surface area contributed by atoms with Gasteiger partial charge in [0.15, 0.2) is 5.82 Å². The molecule has 4 aromatic rings. The van der Waals surface area contributed by atoms with Crippen LogP contribution in [0, 0.1) is 23.1 Å². The number of nitrogens with one attached hydrogen (secondary N) is 1. The molecule has 3 aromatic heterocycles. The smallest absolute Gasteiger partial charge is 0.412 e. The van der Waals surface area contributed by atoms with Crippen LogP contribution in [0.1, 0.15) is 91.8 Å². The Balaban J connectivity index is 1.18. The zero-order valence-corrected chi connectivity index (χ0v) is 35.3. The van der Waals surface area contributed by atoms with Gasteiger partial charge in [0.05, 0.1) is 40.3 Å². The topological polar surface area (TPSA) is 146 Å². The fourth-order valence-electron chi connectivity index (χ4n) is 10.3. The van der Waals surface area contributed by atoms with E-state index in [1.165, 1.54) is 11.3 Å². The number of hydrogen-bond donors (Lipinski definition) is 1. The molecule has 16 heteroatoms. The molecule has 0 spiro atoms. The van der Waals surface area contributed by atoms with Crippen LogP contribution in [0.5, 0.6) is 6.01 Å². The van der Waals surface area contributed by atoms with Crippen LogP contribution in [0.15, 0.2) is 18.2 Å². The molecular formula is C43H50F2N8O5S. The van der Waals surface area contributed by atoms with Crippen LogP contribution in [0.3, 0.4) is 0 Å². The quantitative estimate of drug-likeness (QED) is 0.207. The van der Waals surface area contributed by atoms with Gasteiger partial charge in [0.2, 0.25) is 0 Å². The molecule has 9 rings (SSSR count). The minimum Gasteiger partial charge on any atom is -0.461 e. The summed E-state index contributed by atoms with van der Waals surface area (Å²) >= 11 is 1.19. The average Bonchev–Trinajstić information content (AvgIpc) is 3.86. The highest BCUT2D eigenvalue weighted by molar-refractivity contribution is 7.23. The van der Waals surface area contributed by atoms with E-state index in [1.807, 2.05) is 31.7 Å². The van der Waals surface area contributed by atoms with Crippen molar-refractivity contribution in [1.82, 2.24) is 24.8 Å². The predicted molar refractivity (Wildman–Crippen MR) is 220 cm³/mol. The van der Waals surface area contributed by atoms with Gasteiger partial charge in [-0.15, -0.1) is 11.3 Å². The van der Waals surface area contributed by atoms with E-state index < -0.39 is 34.8 Å². The number of nitriles is 1. The third kappa shape index (κ3) is 6.87. The molecule has 1 N–H and O–H groups in total. The maximum Gasteiger partial charge on any atom is 0.412 e. The molecule has 13 nitrogen and oxygen atoms in total. The molecule has 8 heterocycles. The number of hydrogen-bond acceptors (Lipinski definition) is 12. The molecule has 4 saturated heterocycles. The van der Waals surface area contributed by atoms with Crippen molar-refractivity contribution < 1.29 is 32.6 Å². The van der Waals surface area contributed by atoms with Crippen LogP contribution in [-0.4, -0.2) is 104 Å². The lowest BCUT2D eigenvalue weighted by Gasteiger charge is -2.49. The summed E-state index contributed by atoms with van der Waals surface area (Å²) in [7, 11) is 0.